The number of rotatable bonds is 7. The molecule has 2 N–H and O–H groups in total. The van der Waals surface area contributed by atoms with Gasteiger partial charge in [-0.05, 0) is 11.8 Å². The highest BCUT2D eigenvalue weighted by Gasteiger charge is 2.31. The Morgan fingerprint density at radius 1 is 1.05 bits per heavy atom. The van der Waals surface area contributed by atoms with Crippen LogP contribution in [-0.4, -0.2) is 37.0 Å². The van der Waals surface area contributed by atoms with Gasteiger partial charge in [-0.1, -0.05) is 34.1 Å². The normalized spacial score (nSPS) is 15.2. The third-order valence-corrected chi connectivity index (χ3v) is 3.27. The van der Waals surface area contributed by atoms with Crippen LogP contribution >= 0.6 is 0 Å². The summed E-state index contributed by atoms with van der Waals surface area (Å²) in [5, 5.41) is 5.27. The number of esters is 1. The highest BCUT2D eigenvalue weighted by Crippen LogP contribution is 2.11. The summed E-state index contributed by atoms with van der Waals surface area (Å²) in [5.74, 6) is -1.24. The molecule has 0 aliphatic heterocycles. The Morgan fingerprint density at radius 3 is 1.95 bits per heavy atom. The first kappa shape index (κ1) is 18.4. The highest BCUT2D eigenvalue weighted by atomic mass is 16.5. The van der Waals surface area contributed by atoms with Gasteiger partial charge in [0.1, 0.15) is 12.1 Å². The van der Waals surface area contributed by atoms with Crippen LogP contribution in [0.15, 0.2) is 0 Å². The summed E-state index contributed by atoms with van der Waals surface area (Å²) < 4.78 is 4.72. The Hall–Kier alpha value is -1.59. The van der Waals surface area contributed by atoms with E-state index in [1.807, 2.05) is 27.7 Å². The zero-order valence-electron chi connectivity index (χ0n) is 13.1. The van der Waals surface area contributed by atoms with Gasteiger partial charge >= 0.3 is 5.97 Å². The highest BCUT2D eigenvalue weighted by molar-refractivity contribution is 5.90. The molecule has 6 nitrogen and oxygen atoms in total. The van der Waals surface area contributed by atoms with Gasteiger partial charge in [-0.2, -0.15) is 0 Å². The fourth-order valence-corrected chi connectivity index (χ4v) is 1.79. The molecule has 0 aromatic heterocycles. The van der Waals surface area contributed by atoms with Crippen LogP contribution in [0.25, 0.3) is 0 Å². The van der Waals surface area contributed by atoms with E-state index in [1.165, 1.54) is 14.0 Å². The second kappa shape index (κ2) is 8.55. The number of carbonyl (C=O) groups excluding carboxylic acids is 3. The van der Waals surface area contributed by atoms with Crippen molar-refractivity contribution >= 4 is 17.8 Å². The average molecular weight is 286 g/mol. The van der Waals surface area contributed by atoms with Crippen molar-refractivity contribution in [3.63, 3.8) is 0 Å². The molecule has 20 heavy (non-hydrogen) atoms. The molecule has 0 aromatic carbocycles. The van der Waals surface area contributed by atoms with Crippen molar-refractivity contribution in [1.82, 2.24) is 10.6 Å². The van der Waals surface area contributed by atoms with E-state index < -0.39 is 18.1 Å². The number of nitrogens with one attached hydrogen (secondary N) is 2. The number of methoxy groups -OCH3 is 1. The summed E-state index contributed by atoms with van der Waals surface area (Å²) in [7, 11) is 1.29. The summed E-state index contributed by atoms with van der Waals surface area (Å²) in [6, 6.07) is -1.36. The van der Waals surface area contributed by atoms with E-state index >= 15 is 0 Å². The zero-order chi connectivity index (χ0) is 15.9. The molecule has 0 aliphatic carbocycles. The summed E-state index contributed by atoms with van der Waals surface area (Å²) in [6.45, 7) is 8.81. The molecule has 0 heterocycles. The van der Waals surface area contributed by atoms with Gasteiger partial charge in [0, 0.05) is 6.92 Å². The maximum absolute atomic E-state index is 12.2. The minimum atomic E-state index is -0.701. The Bertz CT molecular complexity index is 355. The molecule has 2 amide bonds. The lowest BCUT2D eigenvalue weighted by Crippen LogP contribution is -2.55. The molecule has 0 saturated carbocycles. The van der Waals surface area contributed by atoms with Gasteiger partial charge in [0.15, 0.2) is 0 Å². The van der Waals surface area contributed by atoms with E-state index in [1.54, 1.807) is 0 Å². The average Bonchev–Trinajstić information content (AvgIpc) is 2.39. The number of amides is 2. The van der Waals surface area contributed by atoms with Gasteiger partial charge in [0.05, 0.1) is 7.11 Å². The van der Waals surface area contributed by atoms with Crippen molar-refractivity contribution in [1.29, 1.82) is 0 Å². The first-order valence-corrected chi connectivity index (χ1v) is 6.89. The van der Waals surface area contributed by atoms with Crippen LogP contribution in [0.2, 0.25) is 0 Å². The Kier molecular flexibility index (Phi) is 7.87. The molecular weight excluding hydrogens is 260 g/mol. The molecular formula is C14H26N2O4. The number of hydrogen-bond acceptors (Lipinski definition) is 4. The minimum Gasteiger partial charge on any atom is -0.467 e. The van der Waals surface area contributed by atoms with Gasteiger partial charge in [0.25, 0.3) is 0 Å². The number of carbonyl (C=O) groups is 3. The van der Waals surface area contributed by atoms with Gasteiger partial charge in [0.2, 0.25) is 11.8 Å². The summed E-state index contributed by atoms with van der Waals surface area (Å²) >= 11 is 0. The molecule has 0 spiro atoms. The largest absolute Gasteiger partial charge is 0.467 e. The number of ether oxygens (including phenoxy) is 1. The van der Waals surface area contributed by atoms with Crippen LogP contribution in [0.5, 0.6) is 0 Å². The smallest absolute Gasteiger partial charge is 0.328 e. The third-order valence-electron chi connectivity index (χ3n) is 3.27. The van der Waals surface area contributed by atoms with E-state index in [-0.39, 0.29) is 23.7 Å². The molecule has 0 bridgehead atoms. The van der Waals surface area contributed by atoms with Crippen molar-refractivity contribution in [2.75, 3.05) is 7.11 Å². The van der Waals surface area contributed by atoms with E-state index in [2.05, 4.69) is 10.6 Å². The maximum atomic E-state index is 12.2. The second-order valence-corrected chi connectivity index (χ2v) is 5.32. The van der Waals surface area contributed by atoms with Crippen LogP contribution in [-0.2, 0) is 19.1 Å². The Labute approximate surface area is 120 Å². The summed E-state index contributed by atoms with van der Waals surface area (Å²) in [6.07, 6.45) is 0.729. The maximum Gasteiger partial charge on any atom is 0.328 e. The predicted octanol–water partition coefficient (Wildman–Crippen LogP) is 0.851. The fraction of sp³-hybridized carbons (Fsp3) is 0.786. The van der Waals surface area contributed by atoms with E-state index in [0.29, 0.717) is 0 Å². The van der Waals surface area contributed by atoms with Crippen LogP contribution in [0.3, 0.4) is 0 Å². The molecule has 116 valence electrons. The van der Waals surface area contributed by atoms with Crippen LogP contribution < -0.4 is 10.6 Å². The quantitative estimate of drug-likeness (QED) is 0.680. The van der Waals surface area contributed by atoms with E-state index in [4.69, 9.17) is 4.74 Å². The SMILES string of the molecule is CC[C@@H](C)[C@@H](NC(=O)[C@H](NC(C)=O)C(C)C)C(=O)OC. The molecule has 3 atom stereocenters. The topological polar surface area (TPSA) is 84.5 Å². The molecule has 0 saturated heterocycles. The van der Waals surface area contributed by atoms with Crippen LogP contribution in [0, 0.1) is 11.8 Å². The minimum absolute atomic E-state index is 0.0449. The molecule has 0 rings (SSSR count). The fourth-order valence-electron chi connectivity index (χ4n) is 1.79. The zero-order valence-corrected chi connectivity index (χ0v) is 13.1. The van der Waals surface area contributed by atoms with Crippen LogP contribution in [0.4, 0.5) is 0 Å². The molecule has 0 radical (unpaired) electrons. The molecule has 0 aromatic rings. The van der Waals surface area contributed by atoms with Gasteiger partial charge < -0.3 is 15.4 Å². The summed E-state index contributed by atoms with van der Waals surface area (Å²) in [5.41, 5.74) is 0. The first-order valence-electron chi connectivity index (χ1n) is 6.89. The lowest BCUT2D eigenvalue weighted by molar-refractivity contribution is -0.147. The van der Waals surface area contributed by atoms with Gasteiger partial charge in [-0.3, -0.25) is 9.59 Å². The van der Waals surface area contributed by atoms with Gasteiger partial charge in [-0.25, -0.2) is 4.79 Å². The third kappa shape index (κ3) is 5.59. The Balaban J connectivity index is 4.95. The van der Waals surface area contributed by atoms with E-state index in [0.717, 1.165) is 6.42 Å². The van der Waals surface area contributed by atoms with Gasteiger partial charge in [-0.15, -0.1) is 0 Å². The lowest BCUT2D eigenvalue weighted by Gasteiger charge is -2.26. The van der Waals surface area contributed by atoms with Crippen molar-refractivity contribution in [3.8, 4) is 0 Å². The monoisotopic (exact) mass is 286 g/mol. The second-order valence-electron chi connectivity index (χ2n) is 5.32. The van der Waals surface area contributed by atoms with E-state index in [9.17, 15) is 14.4 Å². The predicted molar refractivity (Wildman–Crippen MR) is 75.8 cm³/mol. The Morgan fingerprint density at radius 2 is 1.60 bits per heavy atom. The molecule has 0 fully saturated rings. The van der Waals surface area contributed by atoms with Crippen molar-refractivity contribution in [3.05, 3.63) is 0 Å². The first-order chi connectivity index (χ1) is 9.24. The lowest BCUT2D eigenvalue weighted by atomic mass is 9.97. The molecule has 0 aliphatic rings. The van der Waals surface area contributed by atoms with Crippen LogP contribution in [0.1, 0.15) is 41.0 Å². The van der Waals surface area contributed by atoms with Crippen molar-refractivity contribution < 1.29 is 19.1 Å². The molecule has 6 heteroatoms. The summed E-state index contributed by atoms with van der Waals surface area (Å²) in [4.78, 5) is 35.1. The molecule has 0 unspecified atom stereocenters. The number of hydrogen-bond donors (Lipinski definition) is 2. The van der Waals surface area contributed by atoms with Crippen molar-refractivity contribution in [2.24, 2.45) is 11.8 Å². The van der Waals surface area contributed by atoms with Crippen molar-refractivity contribution in [2.45, 2.75) is 53.1 Å². The standard InChI is InChI=1S/C14H26N2O4/c1-7-9(4)12(14(19)20-6)16-13(18)11(8(2)3)15-10(5)17/h8-9,11-12H,7H2,1-6H3,(H,15,17)(H,16,18)/t9-,11-,12-/m1/s1.